The summed E-state index contributed by atoms with van der Waals surface area (Å²) in [5.74, 6) is -0.598. The summed E-state index contributed by atoms with van der Waals surface area (Å²) < 4.78 is 35.0. The molecule has 0 aliphatic heterocycles. The molecule has 0 aromatic heterocycles. The smallest absolute Gasteiger partial charge is 0.338 e. The maximum atomic E-state index is 13.5. The van der Waals surface area contributed by atoms with Crippen molar-refractivity contribution in [2.24, 2.45) is 0 Å². The number of methoxy groups -OCH3 is 3. The predicted octanol–water partition coefficient (Wildman–Crippen LogP) is 6.04. The summed E-state index contributed by atoms with van der Waals surface area (Å²) >= 11 is 0. The Kier molecular flexibility index (Phi) is 10.4. The zero-order valence-electron chi connectivity index (χ0n) is 26.6. The van der Waals surface area contributed by atoms with Gasteiger partial charge in [-0.1, -0.05) is 72.8 Å². The second-order valence-electron chi connectivity index (χ2n) is 10.9. The van der Waals surface area contributed by atoms with Gasteiger partial charge in [-0.25, -0.2) is 9.59 Å². The van der Waals surface area contributed by atoms with Crippen LogP contribution >= 0.6 is 0 Å². The highest BCUT2D eigenvalue weighted by Gasteiger charge is 2.47. The van der Waals surface area contributed by atoms with E-state index in [1.165, 1.54) is 14.0 Å². The molecule has 0 bridgehead atoms. The normalized spacial score (nSPS) is 17.5. The fraction of sp³-hybridized carbons (Fsp3) is 0.237. The first-order chi connectivity index (χ1) is 22.8. The number of rotatable bonds is 11. The van der Waals surface area contributed by atoms with E-state index in [0.717, 1.165) is 5.56 Å². The predicted molar refractivity (Wildman–Crippen MR) is 173 cm³/mol. The van der Waals surface area contributed by atoms with Crippen molar-refractivity contribution in [1.29, 1.82) is 0 Å². The number of ether oxygens (including phenoxy) is 6. The minimum absolute atomic E-state index is 0.0533. The van der Waals surface area contributed by atoms with Crippen LogP contribution in [0, 0.1) is 0 Å². The minimum atomic E-state index is -1.35. The lowest BCUT2D eigenvalue weighted by Crippen LogP contribution is -2.50. The lowest BCUT2D eigenvalue weighted by Gasteiger charge is -2.43. The number of hydrogen-bond acceptors (Lipinski definition) is 9. The maximum Gasteiger partial charge on any atom is 0.338 e. The molecule has 0 radical (unpaired) electrons. The molecule has 9 heteroatoms. The van der Waals surface area contributed by atoms with E-state index in [1.54, 1.807) is 50.6 Å². The van der Waals surface area contributed by atoms with Crippen molar-refractivity contribution in [3.05, 3.63) is 143 Å². The minimum Gasteiger partial charge on any atom is -0.497 e. The molecule has 47 heavy (non-hydrogen) atoms. The van der Waals surface area contributed by atoms with Crippen molar-refractivity contribution in [1.82, 2.24) is 0 Å². The van der Waals surface area contributed by atoms with E-state index in [0.29, 0.717) is 28.2 Å². The number of hydrogen-bond donors (Lipinski definition) is 0. The second-order valence-corrected chi connectivity index (χ2v) is 10.9. The molecule has 0 N–H and O–H groups in total. The molecule has 9 nitrogen and oxygen atoms in total. The third-order valence-corrected chi connectivity index (χ3v) is 7.98. The Morgan fingerprint density at radius 2 is 1.15 bits per heavy atom. The Hall–Kier alpha value is -5.41. The van der Waals surface area contributed by atoms with Gasteiger partial charge < -0.3 is 28.4 Å². The van der Waals surface area contributed by atoms with Crippen molar-refractivity contribution in [2.45, 2.75) is 37.3 Å². The number of benzene rings is 4. The number of carbonyl (C=O) groups is 3. The van der Waals surface area contributed by atoms with Crippen LogP contribution in [0.3, 0.4) is 0 Å². The highest BCUT2D eigenvalue weighted by molar-refractivity contribution is 5.90. The van der Waals surface area contributed by atoms with Gasteiger partial charge >= 0.3 is 17.9 Å². The lowest BCUT2D eigenvalue weighted by molar-refractivity contribution is -0.166. The molecular formula is C38H36O9. The van der Waals surface area contributed by atoms with Crippen LogP contribution in [-0.2, 0) is 34.1 Å². The molecule has 0 heterocycles. The van der Waals surface area contributed by atoms with E-state index in [9.17, 15) is 14.4 Å². The van der Waals surface area contributed by atoms with Gasteiger partial charge in [0.05, 0.1) is 26.9 Å². The molecule has 0 saturated carbocycles. The van der Waals surface area contributed by atoms with Gasteiger partial charge in [0, 0.05) is 18.9 Å². The van der Waals surface area contributed by atoms with Gasteiger partial charge in [-0.2, -0.15) is 0 Å². The van der Waals surface area contributed by atoms with E-state index in [2.05, 4.69) is 0 Å². The maximum absolute atomic E-state index is 13.5. The van der Waals surface area contributed by atoms with Crippen molar-refractivity contribution in [2.75, 3.05) is 21.3 Å². The average Bonchev–Trinajstić information content (AvgIpc) is 3.11. The number of esters is 3. The van der Waals surface area contributed by atoms with E-state index < -0.39 is 41.8 Å². The highest BCUT2D eigenvalue weighted by Crippen LogP contribution is 2.44. The quantitative estimate of drug-likeness (QED) is 0.111. The topological polar surface area (TPSA) is 107 Å². The summed E-state index contributed by atoms with van der Waals surface area (Å²) in [6.07, 6.45) is -1.80. The standard InChI is InChI=1S/C38H36O9/c1-25(39)45-33-23-27(36(40)44-4)24-34(35(33)46-37(41)26-11-7-5-8-12-26)47-38(28-13-9-6-10-14-28,29-15-19-31(42-2)20-16-29)30-17-21-32(43-3)22-18-30/h5-22,24,33-35H,23H2,1-4H3/t33-,34+,35-/m0/s1. The molecule has 0 unspecified atom stereocenters. The Morgan fingerprint density at radius 3 is 1.64 bits per heavy atom. The summed E-state index contributed by atoms with van der Waals surface area (Å²) in [5, 5.41) is 0. The second kappa shape index (κ2) is 14.8. The molecule has 4 aromatic rings. The van der Waals surface area contributed by atoms with Crippen LogP contribution in [0.15, 0.2) is 121 Å². The van der Waals surface area contributed by atoms with Crippen molar-refractivity contribution in [3.8, 4) is 11.5 Å². The van der Waals surface area contributed by atoms with Gasteiger partial charge in [-0.3, -0.25) is 4.79 Å². The molecule has 3 atom stereocenters. The van der Waals surface area contributed by atoms with Crippen molar-refractivity contribution >= 4 is 17.9 Å². The monoisotopic (exact) mass is 636 g/mol. The molecular weight excluding hydrogens is 600 g/mol. The Bertz CT molecular complexity index is 1650. The van der Waals surface area contributed by atoms with Gasteiger partial charge in [-0.15, -0.1) is 0 Å². The van der Waals surface area contributed by atoms with Gasteiger partial charge in [0.2, 0.25) is 0 Å². The van der Waals surface area contributed by atoms with Gasteiger partial charge in [-0.05, 0) is 59.2 Å². The molecule has 0 amide bonds. The Labute approximate surface area is 273 Å². The summed E-state index contributed by atoms with van der Waals surface area (Å²) in [6, 6.07) is 32.9. The highest BCUT2D eigenvalue weighted by atomic mass is 16.6. The summed E-state index contributed by atoms with van der Waals surface area (Å²) in [4.78, 5) is 38.9. The summed E-state index contributed by atoms with van der Waals surface area (Å²) in [6.45, 7) is 1.26. The van der Waals surface area contributed by atoms with Crippen LogP contribution in [0.25, 0.3) is 0 Å². The van der Waals surface area contributed by atoms with Gasteiger partial charge in [0.15, 0.2) is 6.10 Å². The average molecular weight is 637 g/mol. The fourth-order valence-corrected chi connectivity index (χ4v) is 5.75. The fourth-order valence-electron chi connectivity index (χ4n) is 5.75. The third kappa shape index (κ3) is 7.21. The molecule has 0 spiro atoms. The van der Waals surface area contributed by atoms with E-state index >= 15 is 0 Å². The SMILES string of the molecule is COC(=O)C1=C[C@@H](OC(c2ccccc2)(c2ccc(OC)cc2)c2ccc(OC)cc2)[C@@H](OC(=O)c2ccccc2)[C@@H](OC(C)=O)C1. The van der Waals surface area contributed by atoms with Crippen molar-refractivity contribution < 1.29 is 42.8 Å². The largest absolute Gasteiger partial charge is 0.497 e. The van der Waals surface area contributed by atoms with Gasteiger partial charge in [0.1, 0.15) is 29.3 Å². The summed E-state index contributed by atoms with van der Waals surface area (Å²) in [5.41, 5.74) is 1.33. The molecule has 1 aliphatic rings. The first-order valence-corrected chi connectivity index (χ1v) is 15.0. The van der Waals surface area contributed by atoms with Crippen LogP contribution in [-0.4, -0.2) is 57.5 Å². The van der Waals surface area contributed by atoms with Crippen molar-refractivity contribution in [3.63, 3.8) is 0 Å². The first kappa shape index (κ1) is 33.0. The summed E-state index contributed by atoms with van der Waals surface area (Å²) in [7, 11) is 4.44. The van der Waals surface area contributed by atoms with Crippen LogP contribution in [0.5, 0.6) is 11.5 Å². The van der Waals surface area contributed by atoms with Crippen LogP contribution in [0.4, 0.5) is 0 Å². The Balaban J connectivity index is 1.74. The molecule has 4 aromatic carbocycles. The zero-order chi connectivity index (χ0) is 33.4. The molecule has 0 fully saturated rings. The molecule has 242 valence electrons. The van der Waals surface area contributed by atoms with E-state index in [1.807, 2.05) is 78.9 Å². The van der Waals surface area contributed by atoms with Gasteiger partial charge in [0.25, 0.3) is 0 Å². The van der Waals surface area contributed by atoms with Crippen LogP contribution in [0.2, 0.25) is 0 Å². The Morgan fingerprint density at radius 1 is 0.638 bits per heavy atom. The third-order valence-electron chi connectivity index (χ3n) is 7.98. The van der Waals surface area contributed by atoms with Crippen LogP contribution < -0.4 is 9.47 Å². The zero-order valence-corrected chi connectivity index (χ0v) is 26.6. The van der Waals surface area contributed by atoms with E-state index in [-0.39, 0.29) is 12.0 Å². The van der Waals surface area contributed by atoms with E-state index in [4.69, 9.17) is 28.4 Å². The number of carbonyl (C=O) groups excluding carboxylic acids is 3. The lowest BCUT2D eigenvalue weighted by atomic mass is 9.79. The molecule has 1 aliphatic carbocycles. The molecule has 5 rings (SSSR count). The first-order valence-electron chi connectivity index (χ1n) is 15.0. The molecule has 0 saturated heterocycles. The van der Waals surface area contributed by atoms with Crippen LogP contribution in [0.1, 0.15) is 40.4 Å².